The standard InChI is InChI=1S/C16H17N3O3/c20-14-8-12(9-19(14)13-4-2-1-3-5-13)15-17-16(22-18-15)11-6-7-21-10-11/h1-5,11-12H,6-10H2. The lowest BCUT2D eigenvalue weighted by Gasteiger charge is -2.15. The normalized spacial score (nSPS) is 25.1. The summed E-state index contributed by atoms with van der Waals surface area (Å²) in [6.45, 7) is 1.98. The second-order valence-electron chi connectivity index (χ2n) is 5.79. The highest BCUT2D eigenvalue weighted by molar-refractivity contribution is 5.96. The first-order chi connectivity index (χ1) is 10.8. The Morgan fingerprint density at radius 1 is 1.18 bits per heavy atom. The minimum Gasteiger partial charge on any atom is -0.381 e. The van der Waals surface area contributed by atoms with E-state index in [-0.39, 0.29) is 17.7 Å². The number of para-hydroxylation sites is 1. The fourth-order valence-corrected chi connectivity index (χ4v) is 3.05. The number of rotatable bonds is 3. The number of carbonyl (C=O) groups excluding carboxylic acids is 1. The van der Waals surface area contributed by atoms with Crippen molar-refractivity contribution in [3.63, 3.8) is 0 Å². The lowest BCUT2D eigenvalue weighted by atomic mass is 10.1. The molecule has 2 fully saturated rings. The molecular weight excluding hydrogens is 282 g/mol. The molecule has 22 heavy (non-hydrogen) atoms. The van der Waals surface area contributed by atoms with Gasteiger partial charge in [0.15, 0.2) is 5.82 Å². The van der Waals surface area contributed by atoms with Crippen LogP contribution in [0.4, 0.5) is 5.69 Å². The molecule has 2 unspecified atom stereocenters. The van der Waals surface area contributed by atoms with E-state index in [9.17, 15) is 4.79 Å². The van der Waals surface area contributed by atoms with Gasteiger partial charge in [-0.1, -0.05) is 23.4 Å². The van der Waals surface area contributed by atoms with Gasteiger partial charge in [-0.2, -0.15) is 4.98 Å². The summed E-state index contributed by atoms with van der Waals surface area (Å²) in [6, 6.07) is 9.69. The molecule has 1 amide bonds. The van der Waals surface area contributed by atoms with Crippen molar-refractivity contribution in [2.75, 3.05) is 24.7 Å². The van der Waals surface area contributed by atoms with Crippen LogP contribution >= 0.6 is 0 Å². The molecule has 4 rings (SSSR count). The Bertz CT molecular complexity index is 664. The summed E-state index contributed by atoms with van der Waals surface area (Å²) in [5, 5.41) is 4.08. The first kappa shape index (κ1) is 13.5. The van der Waals surface area contributed by atoms with E-state index in [2.05, 4.69) is 10.1 Å². The van der Waals surface area contributed by atoms with E-state index < -0.39 is 0 Å². The molecule has 1 aromatic heterocycles. The second-order valence-corrected chi connectivity index (χ2v) is 5.79. The zero-order valence-corrected chi connectivity index (χ0v) is 12.1. The maximum absolute atomic E-state index is 12.2. The predicted octanol–water partition coefficient (Wildman–Crippen LogP) is 2.09. The molecule has 6 nitrogen and oxygen atoms in total. The van der Waals surface area contributed by atoms with Gasteiger partial charge in [-0.15, -0.1) is 0 Å². The summed E-state index contributed by atoms with van der Waals surface area (Å²) in [7, 11) is 0. The number of aromatic nitrogens is 2. The molecule has 1 aromatic carbocycles. The molecule has 0 N–H and O–H groups in total. The number of carbonyl (C=O) groups is 1. The number of nitrogens with zero attached hydrogens (tertiary/aromatic N) is 3. The maximum atomic E-state index is 12.2. The van der Waals surface area contributed by atoms with Crippen LogP contribution in [0.15, 0.2) is 34.9 Å². The minimum absolute atomic E-state index is 0.00692. The number of amides is 1. The van der Waals surface area contributed by atoms with Crippen LogP contribution < -0.4 is 4.90 Å². The van der Waals surface area contributed by atoms with Crippen molar-refractivity contribution in [2.45, 2.75) is 24.7 Å². The quantitative estimate of drug-likeness (QED) is 0.868. The third-order valence-corrected chi connectivity index (χ3v) is 4.29. The molecule has 0 bridgehead atoms. The molecule has 0 radical (unpaired) electrons. The van der Waals surface area contributed by atoms with Crippen LogP contribution in [0.3, 0.4) is 0 Å². The van der Waals surface area contributed by atoms with Crippen LogP contribution in [-0.4, -0.2) is 35.8 Å². The van der Waals surface area contributed by atoms with Crippen molar-refractivity contribution < 1.29 is 14.1 Å². The van der Waals surface area contributed by atoms with Crippen LogP contribution in [0, 0.1) is 0 Å². The Kier molecular flexibility index (Phi) is 3.38. The van der Waals surface area contributed by atoms with Crippen LogP contribution in [-0.2, 0) is 9.53 Å². The Morgan fingerprint density at radius 3 is 2.82 bits per heavy atom. The fraction of sp³-hybridized carbons (Fsp3) is 0.438. The highest BCUT2D eigenvalue weighted by Gasteiger charge is 2.35. The predicted molar refractivity (Wildman–Crippen MR) is 78.6 cm³/mol. The molecule has 0 saturated carbocycles. The van der Waals surface area contributed by atoms with Crippen LogP contribution in [0.5, 0.6) is 0 Å². The maximum Gasteiger partial charge on any atom is 0.232 e. The fourth-order valence-electron chi connectivity index (χ4n) is 3.05. The van der Waals surface area contributed by atoms with E-state index in [1.165, 1.54) is 0 Å². The van der Waals surface area contributed by atoms with E-state index in [1.54, 1.807) is 4.90 Å². The smallest absolute Gasteiger partial charge is 0.232 e. The molecule has 2 aromatic rings. The number of hydrogen-bond acceptors (Lipinski definition) is 5. The van der Waals surface area contributed by atoms with Crippen molar-refractivity contribution in [3.05, 3.63) is 42.0 Å². The van der Waals surface area contributed by atoms with Gasteiger partial charge in [-0.25, -0.2) is 0 Å². The molecule has 2 saturated heterocycles. The van der Waals surface area contributed by atoms with Gasteiger partial charge in [0.05, 0.1) is 12.5 Å². The van der Waals surface area contributed by atoms with Crippen molar-refractivity contribution in [2.24, 2.45) is 0 Å². The minimum atomic E-state index is -0.00692. The molecular formula is C16H17N3O3. The van der Waals surface area contributed by atoms with Crippen LogP contribution in [0.2, 0.25) is 0 Å². The Balaban J connectivity index is 1.51. The zero-order chi connectivity index (χ0) is 14.9. The molecule has 114 valence electrons. The molecule has 2 aliphatic heterocycles. The van der Waals surface area contributed by atoms with Crippen LogP contribution in [0.25, 0.3) is 0 Å². The lowest BCUT2D eigenvalue weighted by molar-refractivity contribution is -0.117. The zero-order valence-electron chi connectivity index (χ0n) is 12.1. The van der Waals surface area contributed by atoms with Gasteiger partial charge in [0.1, 0.15) is 0 Å². The Labute approximate surface area is 128 Å². The van der Waals surface area contributed by atoms with Crippen molar-refractivity contribution in [1.82, 2.24) is 10.1 Å². The monoisotopic (exact) mass is 299 g/mol. The van der Waals surface area contributed by atoms with E-state index in [4.69, 9.17) is 9.26 Å². The average molecular weight is 299 g/mol. The SMILES string of the molecule is O=C1CC(c2noc(C3CCOC3)n2)CN1c1ccccc1. The van der Waals surface area contributed by atoms with Gasteiger partial charge < -0.3 is 14.2 Å². The van der Waals surface area contributed by atoms with Crippen molar-refractivity contribution >= 4 is 11.6 Å². The number of ether oxygens (including phenoxy) is 1. The van der Waals surface area contributed by atoms with Gasteiger partial charge >= 0.3 is 0 Å². The van der Waals surface area contributed by atoms with Crippen molar-refractivity contribution in [1.29, 1.82) is 0 Å². The topological polar surface area (TPSA) is 68.5 Å². The highest BCUT2D eigenvalue weighted by Crippen LogP contribution is 2.31. The highest BCUT2D eigenvalue weighted by atomic mass is 16.5. The number of benzene rings is 1. The molecule has 2 aliphatic rings. The number of anilines is 1. The third kappa shape index (κ3) is 2.39. The molecule has 2 atom stereocenters. The third-order valence-electron chi connectivity index (χ3n) is 4.29. The van der Waals surface area contributed by atoms with Gasteiger partial charge in [-0.3, -0.25) is 4.79 Å². The summed E-state index contributed by atoms with van der Waals surface area (Å²) < 4.78 is 10.7. The lowest BCUT2D eigenvalue weighted by Crippen LogP contribution is -2.24. The van der Waals surface area contributed by atoms with Gasteiger partial charge in [0, 0.05) is 31.2 Å². The Morgan fingerprint density at radius 2 is 2.05 bits per heavy atom. The summed E-state index contributed by atoms with van der Waals surface area (Å²) in [4.78, 5) is 18.5. The summed E-state index contributed by atoms with van der Waals surface area (Å²) in [5.41, 5.74) is 0.919. The van der Waals surface area contributed by atoms with Crippen molar-refractivity contribution in [3.8, 4) is 0 Å². The van der Waals surface area contributed by atoms with E-state index >= 15 is 0 Å². The number of hydrogen-bond donors (Lipinski definition) is 0. The molecule has 0 aliphatic carbocycles. The summed E-state index contributed by atoms with van der Waals surface area (Å²) in [6.07, 6.45) is 1.34. The largest absolute Gasteiger partial charge is 0.381 e. The summed E-state index contributed by atoms with van der Waals surface area (Å²) in [5.74, 6) is 1.56. The van der Waals surface area contributed by atoms with E-state index in [1.807, 2.05) is 30.3 Å². The van der Waals surface area contributed by atoms with Gasteiger partial charge in [0.2, 0.25) is 11.8 Å². The molecule has 0 spiro atoms. The van der Waals surface area contributed by atoms with Crippen LogP contribution in [0.1, 0.15) is 36.4 Å². The average Bonchev–Trinajstić information content (AvgIpc) is 3.28. The Hall–Kier alpha value is -2.21. The summed E-state index contributed by atoms with van der Waals surface area (Å²) >= 11 is 0. The first-order valence-corrected chi connectivity index (χ1v) is 7.58. The van der Waals surface area contributed by atoms with Gasteiger partial charge in [-0.05, 0) is 18.6 Å². The second kappa shape index (κ2) is 5.53. The molecule has 3 heterocycles. The van der Waals surface area contributed by atoms with E-state index in [0.717, 1.165) is 18.7 Å². The van der Waals surface area contributed by atoms with E-state index in [0.29, 0.717) is 31.3 Å². The van der Waals surface area contributed by atoms with Gasteiger partial charge in [0.25, 0.3) is 0 Å². The first-order valence-electron chi connectivity index (χ1n) is 7.58. The molecule has 6 heteroatoms.